The highest BCUT2D eigenvalue weighted by Gasteiger charge is 1.99. The number of hydrogen-bond acceptors (Lipinski definition) is 3. The van der Waals surface area contributed by atoms with E-state index in [1.165, 1.54) is 18.4 Å². The Morgan fingerprint density at radius 2 is 2.29 bits per heavy atom. The number of nitrogens with one attached hydrogen (secondary N) is 1. The highest BCUT2D eigenvalue weighted by molar-refractivity contribution is 5.03. The fraction of sp³-hybridized carbons (Fsp3) is 0.769. The minimum Gasteiger partial charge on any atom is -0.383 e. The highest BCUT2D eigenvalue weighted by Crippen LogP contribution is 2.05. The lowest BCUT2D eigenvalue weighted by atomic mass is 10.1. The summed E-state index contributed by atoms with van der Waals surface area (Å²) in [6, 6.07) is 0. The van der Waals surface area contributed by atoms with Gasteiger partial charge in [0.15, 0.2) is 0 Å². The summed E-state index contributed by atoms with van der Waals surface area (Å²) in [5.41, 5.74) is 1.24. The molecule has 1 heterocycles. The SMILES string of the molecule is COCCNCc1cnn(CCCC(C)C)c1. The molecular formula is C13H25N3O. The van der Waals surface area contributed by atoms with Crippen molar-refractivity contribution >= 4 is 0 Å². The van der Waals surface area contributed by atoms with E-state index in [-0.39, 0.29) is 0 Å². The third kappa shape index (κ3) is 6.44. The van der Waals surface area contributed by atoms with Crippen molar-refractivity contribution in [2.75, 3.05) is 20.3 Å². The molecule has 1 rings (SSSR count). The van der Waals surface area contributed by atoms with Gasteiger partial charge in [-0.05, 0) is 18.8 Å². The van der Waals surface area contributed by atoms with Gasteiger partial charge in [-0.25, -0.2) is 0 Å². The summed E-state index contributed by atoms with van der Waals surface area (Å²) in [7, 11) is 1.72. The Bertz CT molecular complexity index is 297. The van der Waals surface area contributed by atoms with E-state index in [2.05, 4.69) is 30.5 Å². The zero-order valence-corrected chi connectivity index (χ0v) is 11.3. The number of hydrogen-bond donors (Lipinski definition) is 1. The normalized spacial score (nSPS) is 11.3. The molecule has 4 heteroatoms. The first kappa shape index (κ1) is 14.2. The van der Waals surface area contributed by atoms with Crippen LogP contribution < -0.4 is 5.32 Å². The molecule has 0 aliphatic rings. The maximum atomic E-state index is 4.98. The van der Waals surface area contributed by atoms with Crippen LogP contribution in [0.2, 0.25) is 0 Å². The molecule has 0 radical (unpaired) electrons. The van der Waals surface area contributed by atoms with E-state index in [0.717, 1.165) is 32.2 Å². The van der Waals surface area contributed by atoms with Crippen LogP contribution in [0.25, 0.3) is 0 Å². The quantitative estimate of drug-likeness (QED) is 0.670. The molecule has 0 aromatic carbocycles. The zero-order valence-electron chi connectivity index (χ0n) is 11.3. The summed E-state index contributed by atoms with van der Waals surface area (Å²) >= 11 is 0. The topological polar surface area (TPSA) is 39.1 Å². The number of aryl methyl sites for hydroxylation is 1. The van der Waals surface area contributed by atoms with Gasteiger partial charge in [0.1, 0.15) is 0 Å². The van der Waals surface area contributed by atoms with Gasteiger partial charge in [0.2, 0.25) is 0 Å². The first-order chi connectivity index (χ1) is 8.22. The smallest absolute Gasteiger partial charge is 0.0587 e. The Morgan fingerprint density at radius 1 is 1.47 bits per heavy atom. The minimum atomic E-state index is 0.753. The molecule has 1 N–H and O–H groups in total. The molecule has 1 aromatic rings. The Balaban J connectivity index is 2.18. The number of ether oxygens (including phenoxy) is 1. The predicted octanol–water partition coefficient (Wildman–Crippen LogP) is 2.06. The Kier molecular flexibility index (Phi) is 6.89. The van der Waals surface area contributed by atoms with Gasteiger partial charge in [0.05, 0.1) is 12.8 Å². The van der Waals surface area contributed by atoms with E-state index in [9.17, 15) is 0 Å². The van der Waals surface area contributed by atoms with Gasteiger partial charge >= 0.3 is 0 Å². The minimum absolute atomic E-state index is 0.753. The summed E-state index contributed by atoms with van der Waals surface area (Å²) in [5.74, 6) is 0.778. The van der Waals surface area contributed by atoms with Crippen LogP contribution in [0.3, 0.4) is 0 Å². The summed E-state index contributed by atoms with van der Waals surface area (Å²) < 4.78 is 7.01. The lowest BCUT2D eigenvalue weighted by molar-refractivity contribution is 0.199. The lowest BCUT2D eigenvalue weighted by Gasteiger charge is -2.04. The molecule has 0 saturated heterocycles. The largest absolute Gasteiger partial charge is 0.383 e. The van der Waals surface area contributed by atoms with Crippen molar-refractivity contribution in [1.29, 1.82) is 0 Å². The van der Waals surface area contributed by atoms with Crippen LogP contribution in [0.4, 0.5) is 0 Å². The van der Waals surface area contributed by atoms with Crippen LogP contribution in [-0.2, 0) is 17.8 Å². The average molecular weight is 239 g/mol. The van der Waals surface area contributed by atoms with Gasteiger partial charge in [-0.3, -0.25) is 4.68 Å². The van der Waals surface area contributed by atoms with E-state index in [1.54, 1.807) is 7.11 Å². The summed E-state index contributed by atoms with van der Waals surface area (Å²) in [6.45, 7) is 8.05. The molecule has 0 amide bonds. The standard InChI is InChI=1S/C13H25N3O/c1-12(2)5-4-7-16-11-13(10-15-16)9-14-6-8-17-3/h10-12,14H,4-9H2,1-3H3. The van der Waals surface area contributed by atoms with E-state index < -0.39 is 0 Å². The van der Waals surface area contributed by atoms with Crippen molar-refractivity contribution in [2.24, 2.45) is 5.92 Å². The van der Waals surface area contributed by atoms with E-state index in [1.807, 2.05) is 10.9 Å². The van der Waals surface area contributed by atoms with Gasteiger partial charge < -0.3 is 10.1 Å². The Hall–Kier alpha value is -0.870. The second-order valence-electron chi connectivity index (χ2n) is 4.82. The van der Waals surface area contributed by atoms with Crippen molar-refractivity contribution in [2.45, 2.75) is 39.8 Å². The van der Waals surface area contributed by atoms with Crippen molar-refractivity contribution in [1.82, 2.24) is 15.1 Å². The fourth-order valence-corrected chi connectivity index (χ4v) is 1.69. The summed E-state index contributed by atoms with van der Waals surface area (Å²) in [5, 5.41) is 7.67. The van der Waals surface area contributed by atoms with Crippen LogP contribution in [0, 0.1) is 5.92 Å². The van der Waals surface area contributed by atoms with Gasteiger partial charge in [0.25, 0.3) is 0 Å². The van der Waals surface area contributed by atoms with Crippen molar-refractivity contribution in [3.8, 4) is 0 Å². The van der Waals surface area contributed by atoms with E-state index in [0.29, 0.717) is 0 Å². The molecule has 98 valence electrons. The monoisotopic (exact) mass is 239 g/mol. The third-order valence-electron chi connectivity index (χ3n) is 2.67. The van der Waals surface area contributed by atoms with Gasteiger partial charge in [-0.2, -0.15) is 5.10 Å². The molecule has 0 unspecified atom stereocenters. The Labute approximate surface area is 104 Å². The van der Waals surface area contributed by atoms with Crippen molar-refractivity contribution in [3.63, 3.8) is 0 Å². The summed E-state index contributed by atoms with van der Waals surface area (Å²) in [4.78, 5) is 0. The molecule has 0 aliphatic carbocycles. The number of aromatic nitrogens is 2. The first-order valence-electron chi connectivity index (χ1n) is 6.43. The zero-order chi connectivity index (χ0) is 12.5. The number of nitrogens with zero attached hydrogens (tertiary/aromatic N) is 2. The van der Waals surface area contributed by atoms with Crippen LogP contribution in [-0.4, -0.2) is 30.0 Å². The molecule has 0 saturated carbocycles. The number of rotatable bonds is 9. The maximum Gasteiger partial charge on any atom is 0.0587 e. The van der Waals surface area contributed by atoms with Crippen LogP contribution in [0.1, 0.15) is 32.3 Å². The molecular weight excluding hydrogens is 214 g/mol. The van der Waals surface area contributed by atoms with E-state index in [4.69, 9.17) is 4.74 Å². The third-order valence-corrected chi connectivity index (χ3v) is 2.67. The molecule has 0 atom stereocenters. The van der Waals surface area contributed by atoms with Crippen LogP contribution >= 0.6 is 0 Å². The van der Waals surface area contributed by atoms with Gasteiger partial charge in [-0.1, -0.05) is 13.8 Å². The average Bonchev–Trinajstić information content (AvgIpc) is 2.72. The predicted molar refractivity (Wildman–Crippen MR) is 69.9 cm³/mol. The molecule has 0 fully saturated rings. The molecule has 4 nitrogen and oxygen atoms in total. The van der Waals surface area contributed by atoms with Crippen molar-refractivity contribution in [3.05, 3.63) is 18.0 Å². The number of methoxy groups -OCH3 is 1. The highest BCUT2D eigenvalue weighted by atomic mass is 16.5. The van der Waals surface area contributed by atoms with Gasteiger partial charge in [-0.15, -0.1) is 0 Å². The van der Waals surface area contributed by atoms with Crippen LogP contribution in [0.5, 0.6) is 0 Å². The molecule has 0 bridgehead atoms. The molecule has 1 aromatic heterocycles. The first-order valence-corrected chi connectivity index (χ1v) is 6.43. The van der Waals surface area contributed by atoms with Gasteiger partial charge in [0, 0.05) is 38.5 Å². The van der Waals surface area contributed by atoms with Crippen LogP contribution in [0.15, 0.2) is 12.4 Å². The molecule has 17 heavy (non-hydrogen) atoms. The van der Waals surface area contributed by atoms with Crippen molar-refractivity contribution < 1.29 is 4.74 Å². The van der Waals surface area contributed by atoms with E-state index >= 15 is 0 Å². The Morgan fingerprint density at radius 3 is 3.00 bits per heavy atom. The second-order valence-corrected chi connectivity index (χ2v) is 4.82. The second kappa shape index (κ2) is 8.25. The summed E-state index contributed by atoms with van der Waals surface area (Å²) in [6.07, 6.45) is 6.53. The maximum absolute atomic E-state index is 4.98. The molecule has 0 aliphatic heterocycles. The lowest BCUT2D eigenvalue weighted by Crippen LogP contribution is -2.18. The molecule has 0 spiro atoms. The fourth-order valence-electron chi connectivity index (χ4n) is 1.69.